The van der Waals surface area contributed by atoms with Crippen LogP contribution in [-0.2, 0) is 0 Å². The summed E-state index contributed by atoms with van der Waals surface area (Å²) in [5, 5.41) is 3.07. The average molecular weight is 321 g/mol. The smallest absolute Gasteiger partial charge is 0.231 e. The van der Waals surface area contributed by atoms with E-state index in [1.165, 1.54) is 5.56 Å². The minimum atomic E-state index is 0.300. The van der Waals surface area contributed by atoms with Crippen LogP contribution in [0.1, 0.15) is 16.1 Å². The normalized spacial score (nSPS) is 12.9. The van der Waals surface area contributed by atoms with Gasteiger partial charge in [0.2, 0.25) is 6.79 Å². The maximum Gasteiger partial charge on any atom is 0.231 e. The standard InChI is InChI=1S/C19H15NO2S/c1-13-2-6-15(7-3-13)16-11-23-19(20-16)9-5-14-4-8-17-18(10-14)22-12-21-17/h2-11H,12H2,1H3/b9-5+. The van der Waals surface area contributed by atoms with Crippen molar-refractivity contribution in [2.45, 2.75) is 6.92 Å². The maximum atomic E-state index is 5.39. The molecule has 0 radical (unpaired) electrons. The number of rotatable bonds is 3. The van der Waals surface area contributed by atoms with Crippen molar-refractivity contribution in [2.24, 2.45) is 0 Å². The van der Waals surface area contributed by atoms with Crippen LogP contribution in [-0.4, -0.2) is 11.8 Å². The van der Waals surface area contributed by atoms with Crippen LogP contribution in [0.25, 0.3) is 23.4 Å². The minimum absolute atomic E-state index is 0.300. The quantitative estimate of drug-likeness (QED) is 0.679. The largest absolute Gasteiger partial charge is 0.454 e. The number of ether oxygens (including phenoxy) is 2. The maximum absolute atomic E-state index is 5.39. The molecule has 0 atom stereocenters. The van der Waals surface area contributed by atoms with E-state index in [1.807, 2.05) is 30.4 Å². The SMILES string of the molecule is Cc1ccc(-c2csc(/C=C/c3ccc4c(c3)OCO4)n2)cc1. The molecular weight excluding hydrogens is 306 g/mol. The van der Waals surface area contributed by atoms with Crippen LogP contribution in [0.2, 0.25) is 0 Å². The van der Waals surface area contributed by atoms with Crippen LogP contribution in [0.4, 0.5) is 0 Å². The highest BCUT2D eigenvalue weighted by Gasteiger charge is 2.12. The first-order valence-electron chi connectivity index (χ1n) is 7.38. The highest BCUT2D eigenvalue weighted by molar-refractivity contribution is 7.10. The molecule has 1 aliphatic heterocycles. The van der Waals surface area contributed by atoms with Gasteiger partial charge < -0.3 is 9.47 Å². The van der Waals surface area contributed by atoms with Gasteiger partial charge in [-0.1, -0.05) is 42.0 Å². The first-order chi connectivity index (χ1) is 11.3. The van der Waals surface area contributed by atoms with Gasteiger partial charge in [-0.15, -0.1) is 11.3 Å². The molecule has 4 heteroatoms. The van der Waals surface area contributed by atoms with E-state index in [0.717, 1.165) is 33.3 Å². The van der Waals surface area contributed by atoms with Gasteiger partial charge in [-0.05, 0) is 30.7 Å². The highest BCUT2D eigenvalue weighted by Crippen LogP contribution is 2.33. The van der Waals surface area contributed by atoms with Crippen molar-refractivity contribution >= 4 is 23.5 Å². The summed E-state index contributed by atoms with van der Waals surface area (Å²) in [7, 11) is 0. The summed E-state index contributed by atoms with van der Waals surface area (Å²) in [5.74, 6) is 1.60. The van der Waals surface area contributed by atoms with E-state index in [1.54, 1.807) is 11.3 Å². The minimum Gasteiger partial charge on any atom is -0.454 e. The second-order valence-corrected chi connectivity index (χ2v) is 6.27. The molecule has 0 N–H and O–H groups in total. The molecule has 0 unspecified atom stereocenters. The van der Waals surface area contributed by atoms with Gasteiger partial charge in [-0.3, -0.25) is 0 Å². The molecule has 4 rings (SSSR count). The van der Waals surface area contributed by atoms with Gasteiger partial charge in [-0.25, -0.2) is 4.98 Å². The van der Waals surface area contributed by atoms with Gasteiger partial charge in [0.05, 0.1) is 5.69 Å². The zero-order chi connectivity index (χ0) is 15.6. The van der Waals surface area contributed by atoms with Gasteiger partial charge in [-0.2, -0.15) is 0 Å². The monoisotopic (exact) mass is 321 g/mol. The first kappa shape index (κ1) is 14.0. The number of aryl methyl sites for hydroxylation is 1. The predicted molar refractivity (Wildman–Crippen MR) is 93.8 cm³/mol. The molecule has 23 heavy (non-hydrogen) atoms. The molecule has 0 spiro atoms. The molecule has 0 bridgehead atoms. The lowest BCUT2D eigenvalue weighted by Gasteiger charge is -1.97. The molecule has 114 valence electrons. The molecule has 0 aliphatic carbocycles. The van der Waals surface area contributed by atoms with E-state index in [2.05, 4.69) is 41.6 Å². The summed E-state index contributed by atoms with van der Waals surface area (Å²) in [6.07, 6.45) is 4.07. The van der Waals surface area contributed by atoms with E-state index in [4.69, 9.17) is 9.47 Å². The third-order valence-corrected chi connectivity index (χ3v) is 4.49. The second kappa shape index (κ2) is 5.89. The van der Waals surface area contributed by atoms with Gasteiger partial charge >= 0.3 is 0 Å². The molecule has 2 heterocycles. The number of thiazole rings is 1. The fourth-order valence-electron chi connectivity index (χ4n) is 2.41. The summed E-state index contributed by atoms with van der Waals surface area (Å²) in [6, 6.07) is 14.4. The highest BCUT2D eigenvalue weighted by atomic mass is 32.1. The molecule has 1 aliphatic rings. The third-order valence-electron chi connectivity index (χ3n) is 3.68. The number of aromatic nitrogens is 1. The topological polar surface area (TPSA) is 31.4 Å². The Labute approximate surface area is 138 Å². The van der Waals surface area contributed by atoms with Crippen LogP contribution in [0, 0.1) is 6.92 Å². The zero-order valence-corrected chi connectivity index (χ0v) is 13.5. The van der Waals surface area contributed by atoms with Crippen molar-refractivity contribution in [3.63, 3.8) is 0 Å². The molecule has 2 aromatic carbocycles. The molecule has 0 saturated carbocycles. The zero-order valence-electron chi connectivity index (χ0n) is 12.7. The Morgan fingerprint density at radius 3 is 2.70 bits per heavy atom. The van der Waals surface area contributed by atoms with Gasteiger partial charge in [0, 0.05) is 10.9 Å². The van der Waals surface area contributed by atoms with E-state index in [-0.39, 0.29) is 0 Å². The van der Waals surface area contributed by atoms with Crippen molar-refractivity contribution in [2.75, 3.05) is 6.79 Å². The predicted octanol–water partition coefficient (Wildman–Crippen LogP) is 5.02. The Morgan fingerprint density at radius 2 is 1.83 bits per heavy atom. The van der Waals surface area contributed by atoms with Crippen molar-refractivity contribution in [3.05, 3.63) is 64.0 Å². The van der Waals surface area contributed by atoms with Crippen LogP contribution >= 0.6 is 11.3 Å². The molecule has 0 amide bonds. The Bertz CT molecular complexity index is 865. The summed E-state index contributed by atoms with van der Waals surface area (Å²) in [6.45, 7) is 2.39. The number of hydrogen-bond acceptors (Lipinski definition) is 4. The molecule has 3 aromatic rings. The van der Waals surface area contributed by atoms with Gasteiger partial charge in [0.15, 0.2) is 11.5 Å². The van der Waals surface area contributed by atoms with Crippen LogP contribution < -0.4 is 9.47 Å². The van der Waals surface area contributed by atoms with Crippen molar-refractivity contribution in [3.8, 4) is 22.8 Å². The van der Waals surface area contributed by atoms with E-state index < -0.39 is 0 Å². The van der Waals surface area contributed by atoms with Crippen LogP contribution in [0.3, 0.4) is 0 Å². The summed E-state index contributed by atoms with van der Waals surface area (Å²) < 4.78 is 10.7. The Kier molecular flexibility index (Phi) is 3.60. The van der Waals surface area contributed by atoms with E-state index in [9.17, 15) is 0 Å². The molecule has 1 aromatic heterocycles. The van der Waals surface area contributed by atoms with Gasteiger partial charge in [0.1, 0.15) is 5.01 Å². The average Bonchev–Trinajstić information content (AvgIpc) is 3.22. The summed E-state index contributed by atoms with van der Waals surface area (Å²) >= 11 is 1.64. The Morgan fingerprint density at radius 1 is 1.00 bits per heavy atom. The number of hydrogen-bond donors (Lipinski definition) is 0. The summed E-state index contributed by atoms with van der Waals surface area (Å²) in [5.41, 5.74) is 4.49. The molecule has 0 fully saturated rings. The van der Waals surface area contributed by atoms with Crippen LogP contribution in [0.5, 0.6) is 11.5 Å². The molecule has 0 saturated heterocycles. The second-order valence-electron chi connectivity index (χ2n) is 5.38. The Balaban J connectivity index is 1.54. The van der Waals surface area contributed by atoms with E-state index >= 15 is 0 Å². The lowest BCUT2D eigenvalue weighted by atomic mass is 10.1. The van der Waals surface area contributed by atoms with Crippen LogP contribution in [0.15, 0.2) is 47.8 Å². The summed E-state index contributed by atoms with van der Waals surface area (Å²) in [4.78, 5) is 4.67. The molecule has 3 nitrogen and oxygen atoms in total. The molecular formula is C19H15NO2S. The fourth-order valence-corrected chi connectivity index (χ4v) is 3.12. The Hall–Kier alpha value is -2.59. The number of nitrogens with zero attached hydrogens (tertiary/aromatic N) is 1. The number of fused-ring (bicyclic) bond motifs is 1. The fraction of sp³-hybridized carbons (Fsp3) is 0.105. The lowest BCUT2D eigenvalue weighted by Crippen LogP contribution is -1.92. The van der Waals surface area contributed by atoms with Gasteiger partial charge in [0.25, 0.3) is 0 Å². The van der Waals surface area contributed by atoms with Crippen molar-refractivity contribution < 1.29 is 9.47 Å². The first-order valence-corrected chi connectivity index (χ1v) is 8.26. The van der Waals surface area contributed by atoms with Crippen molar-refractivity contribution in [1.82, 2.24) is 4.98 Å². The third kappa shape index (κ3) is 2.98. The number of benzene rings is 2. The van der Waals surface area contributed by atoms with Crippen molar-refractivity contribution in [1.29, 1.82) is 0 Å². The lowest BCUT2D eigenvalue weighted by molar-refractivity contribution is 0.174. The van der Waals surface area contributed by atoms with E-state index in [0.29, 0.717) is 6.79 Å².